The lowest BCUT2D eigenvalue weighted by Gasteiger charge is -2.19. The van der Waals surface area contributed by atoms with Gasteiger partial charge in [-0.2, -0.15) is 5.26 Å². The molecule has 0 radical (unpaired) electrons. The summed E-state index contributed by atoms with van der Waals surface area (Å²) in [6.45, 7) is 0.658. The molecular formula is C12H15N3OS. The van der Waals surface area contributed by atoms with Gasteiger partial charge in [-0.3, -0.25) is 0 Å². The lowest BCUT2D eigenvalue weighted by atomic mass is 10.2. The number of methoxy groups -OCH3 is 1. The van der Waals surface area contributed by atoms with Crippen LogP contribution in [-0.2, 0) is 6.54 Å². The van der Waals surface area contributed by atoms with E-state index in [1.165, 1.54) is 11.8 Å². The molecule has 0 spiro atoms. The predicted molar refractivity (Wildman–Crippen MR) is 71.0 cm³/mol. The molecule has 90 valence electrons. The minimum Gasteiger partial charge on any atom is -0.496 e. The molecule has 0 unspecified atom stereocenters. The molecule has 4 nitrogen and oxygen atoms in total. The molecule has 0 fully saturated rings. The van der Waals surface area contributed by atoms with Crippen molar-refractivity contribution >= 4 is 16.9 Å². The van der Waals surface area contributed by atoms with Gasteiger partial charge in [-0.1, -0.05) is 30.0 Å². The maximum absolute atomic E-state index is 8.58. The van der Waals surface area contributed by atoms with Crippen molar-refractivity contribution in [1.29, 1.82) is 5.26 Å². The quantitative estimate of drug-likeness (QED) is 0.468. The highest BCUT2D eigenvalue weighted by atomic mass is 32.2. The zero-order valence-corrected chi connectivity index (χ0v) is 11.0. The first-order valence-electron chi connectivity index (χ1n) is 5.06. The highest BCUT2D eigenvalue weighted by Crippen LogP contribution is 2.19. The maximum Gasteiger partial charge on any atom is 0.208 e. The Labute approximate surface area is 106 Å². The number of hydrogen-bond acceptors (Lipinski definition) is 4. The lowest BCUT2D eigenvalue weighted by molar-refractivity contribution is 0.399. The van der Waals surface area contributed by atoms with Crippen LogP contribution in [-0.4, -0.2) is 30.5 Å². The first-order chi connectivity index (χ1) is 8.22. The number of nitrogens with zero attached hydrogens (tertiary/aromatic N) is 3. The summed E-state index contributed by atoms with van der Waals surface area (Å²) in [6, 6.07) is 7.82. The second-order valence-electron chi connectivity index (χ2n) is 3.37. The summed E-state index contributed by atoms with van der Waals surface area (Å²) in [6.07, 6.45) is 3.71. The molecule has 17 heavy (non-hydrogen) atoms. The molecule has 0 aliphatic carbocycles. The third kappa shape index (κ3) is 3.68. The van der Waals surface area contributed by atoms with Crippen LogP contribution in [0.25, 0.3) is 0 Å². The van der Waals surface area contributed by atoms with Crippen LogP contribution in [0.4, 0.5) is 0 Å². The molecule has 1 aromatic carbocycles. The summed E-state index contributed by atoms with van der Waals surface area (Å²) in [7, 11) is 3.55. The first-order valence-corrected chi connectivity index (χ1v) is 6.29. The monoisotopic (exact) mass is 249 g/mol. The second-order valence-corrected chi connectivity index (χ2v) is 4.14. The topological polar surface area (TPSA) is 48.6 Å². The van der Waals surface area contributed by atoms with Gasteiger partial charge in [-0.05, 0) is 12.3 Å². The van der Waals surface area contributed by atoms with Crippen LogP contribution in [0.1, 0.15) is 5.56 Å². The Morgan fingerprint density at radius 1 is 1.53 bits per heavy atom. The van der Waals surface area contributed by atoms with Crippen LogP contribution in [0.5, 0.6) is 5.75 Å². The van der Waals surface area contributed by atoms with Crippen molar-refractivity contribution in [2.24, 2.45) is 4.99 Å². The fourth-order valence-electron chi connectivity index (χ4n) is 1.49. The number of thioether (sulfide) groups is 1. The molecule has 1 rings (SSSR count). The van der Waals surface area contributed by atoms with E-state index < -0.39 is 0 Å². The number of hydrogen-bond donors (Lipinski definition) is 0. The van der Waals surface area contributed by atoms with Gasteiger partial charge in [0.25, 0.3) is 0 Å². The van der Waals surface area contributed by atoms with Gasteiger partial charge in [-0.15, -0.1) is 4.99 Å². The van der Waals surface area contributed by atoms with Crippen LogP contribution < -0.4 is 4.74 Å². The molecule has 0 saturated heterocycles. The van der Waals surface area contributed by atoms with E-state index >= 15 is 0 Å². The number of benzene rings is 1. The molecule has 5 heteroatoms. The number of nitriles is 1. The van der Waals surface area contributed by atoms with E-state index in [0.717, 1.165) is 11.3 Å². The largest absolute Gasteiger partial charge is 0.496 e. The number of rotatable bonds is 3. The van der Waals surface area contributed by atoms with E-state index in [2.05, 4.69) is 4.99 Å². The predicted octanol–water partition coefficient (Wildman–Crippen LogP) is 2.33. The van der Waals surface area contributed by atoms with Crippen LogP contribution in [0.15, 0.2) is 29.3 Å². The molecule has 0 atom stereocenters. The van der Waals surface area contributed by atoms with Crippen molar-refractivity contribution in [3.8, 4) is 11.9 Å². The number of ether oxygens (including phenoxy) is 1. The Balaban J connectivity index is 2.84. The Hall–Kier alpha value is -1.67. The summed E-state index contributed by atoms with van der Waals surface area (Å²) in [4.78, 5) is 5.69. The van der Waals surface area contributed by atoms with Gasteiger partial charge in [0.15, 0.2) is 5.17 Å². The molecule has 0 amide bonds. The molecule has 0 heterocycles. The minimum atomic E-state index is 0.658. The Morgan fingerprint density at radius 2 is 2.24 bits per heavy atom. The van der Waals surface area contributed by atoms with Crippen molar-refractivity contribution in [3.05, 3.63) is 29.8 Å². The number of aliphatic imine (C=N–C) groups is 1. The Kier molecular flexibility index (Phi) is 5.37. The SMILES string of the molecule is COc1ccccc1CN(C)C(=NC#N)SC. The van der Waals surface area contributed by atoms with E-state index in [0.29, 0.717) is 11.7 Å². The van der Waals surface area contributed by atoms with E-state index in [-0.39, 0.29) is 0 Å². The molecule has 0 aliphatic rings. The summed E-state index contributed by atoms with van der Waals surface area (Å²) in [5, 5.41) is 9.27. The second kappa shape index (κ2) is 6.81. The zero-order valence-electron chi connectivity index (χ0n) is 10.2. The van der Waals surface area contributed by atoms with Crippen LogP contribution in [0, 0.1) is 11.5 Å². The maximum atomic E-state index is 8.58. The van der Waals surface area contributed by atoms with E-state index in [4.69, 9.17) is 10.00 Å². The molecule has 0 aromatic heterocycles. The lowest BCUT2D eigenvalue weighted by Crippen LogP contribution is -2.23. The fraction of sp³-hybridized carbons (Fsp3) is 0.333. The average Bonchev–Trinajstić information content (AvgIpc) is 2.36. The molecule has 0 bridgehead atoms. The molecule has 0 N–H and O–H groups in total. The summed E-state index contributed by atoms with van der Waals surface area (Å²) in [5.41, 5.74) is 1.07. The molecule has 0 saturated carbocycles. The van der Waals surface area contributed by atoms with E-state index in [1.54, 1.807) is 7.11 Å². The van der Waals surface area contributed by atoms with Gasteiger partial charge >= 0.3 is 0 Å². The standard InChI is InChI=1S/C12H15N3OS/c1-15(12(17-3)14-9-13)8-10-6-4-5-7-11(10)16-2/h4-7H,8H2,1-3H3. The van der Waals surface area contributed by atoms with Gasteiger partial charge in [0.2, 0.25) is 6.19 Å². The highest BCUT2D eigenvalue weighted by molar-refractivity contribution is 8.13. The van der Waals surface area contributed by atoms with Crippen LogP contribution in [0.3, 0.4) is 0 Å². The van der Waals surface area contributed by atoms with Gasteiger partial charge in [0.05, 0.1) is 7.11 Å². The summed E-state index contributed by atoms with van der Waals surface area (Å²) < 4.78 is 5.28. The number of amidine groups is 1. The Morgan fingerprint density at radius 3 is 2.82 bits per heavy atom. The summed E-state index contributed by atoms with van der Waals surface area (Å²) >= 11 is 1.45. The van der Waals surface area contributed by atoms with Crippen molar-refractivity contribution in [2.75, 3.05) is 20.4 Å². The zero-order chi connectivity index (χ0) is 12.7. The van der Waals surface area contributed by atoms with Crippen molar-refractivity contribution < 1.29 is 4.74 Å². The summed E-state index contributed by atoms with van der Waals surface area (Å²) in [5.74, 6) is 0.844. The molecule has 0 aliphatic heterocycles. The fourth-order valence-corrected chi connectivity index (χ4v) is 1.99. The minimum absolute atomic E-state index is 0.658. The van der Waals surface area contributed by atoms with Gasteiger partial charge < -0.3 is 9.64 Å². The van der Waals surface area contributed by atoms with Gasteiger partial charge in [0, 0.05) is 19.2 Å². The number of para-hydroxylation sites is 1. The highest BCUT2D eigenvalue weighted by Gasteiger charge is 2.09. The normalized spacial score (nSPS) is 10.8. The molecule has 1 aromatic rings. The van der Waals surface area contributed by atoms with Crippen molar-refractivity contribution in [2.45, 2.75) is 6.54 Å². The van der Waals surface area contributed by atoms with Gasteiger partial charge in [-0.25, -0.2) is 0 Å². The van der Waals surface area contributed by atoms with Crippen molar-refractivity contribution in [1.82, 2.24) is 4.90 Å². The average molecular weight is 249 g/mol. The van der Waals surface area contributed by atoms with Crippen LogP contribution in [0.2, 0.25) is 0 Å². The van der Waals surface area contributed by atoms with Gasteiger partial charge in [0.1, 0.15) is 5.75 Å². The third-order valence-corrected chi connectivity index (χ3v) is 3.02. The Bertz CT molecular complexity index is 440. The van der Waals surface area contributed by atoms with Crippen molar-refractivity contribution in [3.63, 3.8) is 0 Å². The smallest absolute Gasteiger partial charge is 0.208 e. The van der Waals surface area contributed by atoms with E-state index in [9.17, 15) is 0 Å². The third-order valence-electron chi connectivity index (χ3n) is 2.25. The van der Waals surface area contributed by atoms with Crippen LogP contribution >= 0.6 is 11.8 Å². The van der Waals surface area contributed by atoms with E-state index in [1.807, 2.05) is 48.7 Å². The molecular weight excluding hydrogens is 234 g/mol. The first kappa shape index (κ1) is 13.4.